The molecule has 0 radical (unpaired) electrons. The molecule has 0 heterocycles. The Labute approximate surface area is 161 Å². The monoisotopic (exact) mass is 416 g/mol. The van der Waals surface area contributed by atoms with E-state index in [0.29, 0.717) is 17.5 Å². The minimum Gasteiger partial charge on any atom is -0.349 e. The van der Waals surface area contributed by atoms with Crippen LogP contribution in [0.1, 0.15) is 31.4 Å². The SMILES string of the molecule is CC[C@@H](NC(=O)CCNS(=O)(=O)c1ccc(F)c(F)c1)c1ccc(Cl)cc1. The van der Waals surface area contributed by atoms with Crippen molar-refractivity contribution in [3.8, 4) is 0 Å². The molecule has 2 aromatic carbocycles. The molecule has 0 aliphatic heterocycles. The topological polar surface area (TPSA) is 75.3 Å². The van der Waals surface area contributed by atoms with Crippen LogP contribution >= 0.6 is 11.6 Å². The maximum Gasteiger partial charge on any atom is 0.240 e. The van der Waals surface area contributed by atoms with Gasteiger partial charge in [-0.25, -0.2) is 21.9 Å². The molecule has 27 heavy (non-hydrogen) atoms. The highest BCUT2D eigenvalue weighted by atomic mass is 35.5. The minimum atomic E-state index is -4.04. The molecule has 2 N–H and O–H groups in total. The molecule has 146 valence electrons. The molecule has 0 fully saturated rings. The lowest BCUT2D eigenvalue weighted by molar-refractivity contribution is -0.121. The molecule has 9 heteroatoms. The van der Waals surface area contributed by atoms with Crippen molar-refractivity contribution in [3.63, 3.8) is 0 Å². The van der Waals surface area contributed by atoms with E-state index in [9.17, 15) is 22.0 Å². The van der Waals surface area contributed by atoms with Gasteiger partial charge in [0.25, 0.3) is 0 Å². The summed E-state index contributed by atoms with van der Waals surface area (Å²) in [5, 5.41) is 3.41. The highest BCUT2D eigenvalue weighted by Crippen LogP contribution is 2.19. The molecule has 0 saturated heterocycles. The molecule has 1 amide bonds. The smallest absolute Gasteiger partial charge is 0.240 e. The summed E-state index contributed by atoms with van der Waals surface area (Å²) in [6.45, 7) is 1.73. The van der Waals surface area contributed by atoms with Crippen molar-refractivity contribution in [2.24, 2.45) is 0 Å². The fourth-order valence-electron chi connectivity index (χ4n) is 2.41. The first-order valence-electron chi connectivity index (χ1n) is 8.22. The predicted molar refractivity (Wildman–Crippen MR) is 98.8 cm³/mol. The molecule has 0 aliphatic carbocycles. The average Bonchev–Trinajstić information content (AvgIpc) is 2.62. The van der Waals surface area contributed by atoms with Gasteiger partial charge in [-0.15, -0.1) is 0 Å². The van der Waals surface area contributed by atoms with Gasteiger partial charge in [0.05, 0.1) is 10.9 Å². The lowest BCUT2D eigenvalue weighted by Crippen LogP contribution is -2.32. The van der Waals surface area contributed by atoms with Gasteiger partial charge in [-0.3, -0.25) is 4.79 Å². The highest BCUT2D eigenvalue weighted by molar-refractivity contribution is 7.89. The van der Waals surface area contributed by atoms with Crippen LogP contribution in [0.3, 0.4) is 0 Å². The van der Waals surface area contributed by atoms with E-state index >= 15 is 0 Å². The molecule has 0 bridgehead atoms. The van der Waals surface area contributed by atoms with E-state index < -0.39 is 26.6 Å². The summed E-state index contributed by atoms with van der Waals surface area (Å²) in [4.78, 5) is 11.7. The van der Waals surface area contributed by atoms with E-state index in [1.165, 1.54) is 0 Å². The maximum absolute atomic E-state index is 13.2. The number of sulfonamides is 1. The number of carbonyl (C=O) groups is 1. The van der Waals surface area contributed by atoms with Crippen molar-refractivity contribution in [1.82, 2.24) is 10.0 Å². The van der Waals surface area contributed by atoms with Crippen molar-refractivity contribution in [2.45, 2.75) is 30.7 Å². The first kappa shape index (κ1) is 21.3. The molecule has 0 saturated carbocycles. The largest absolute Gasteiger partial charge is 0.349 e. The van der Waals surface area contributed by atoms with Gasteiger partial charge in [0.2, 0.25) is 15.9 Å². The molecule has 2 aromatic rings. The number of amides is 1. The van der Waals surface area contributed by atoms with Crippen LogP contribution in [0.15, 0.2) is 47.4 Å². The normalized spacial score (nSPS) is 12.6. The first-order chi connectivity index (χ1) is 12.7. The quantitative estimate of drug-likeness (QED) is 0.691. The van der Waals surface area contributed by atoms with Crippen molar-refractivity contribution in [1.29, 1.82) is 0 Å². The predicted octanol–water partition coefficient (Wildman–Crippen LogP) is 3.55. The van der Waals surface area contributed by atoms with Gasteiger partial charge >= 0.3 is 0 Å². The zero-order valence-corrected chi connectivity index (χ0v) is 16.1. The Morgan fingerprint density at radius 3 is 2.37 bits per heavy atom. The summed E-state index contributed by atoms with van der Waals surface area (Å²) >= 11 is 5.85. The Morgan fingerprint density at radius 2 is 1.78 bits per heavy atom. The Balaban J connectivity index is 1.90. The molecule has 5 nitrogen and oxygen atoms in total. The second-order valence-corrected chi connectivity index (χ2v) is 8.01. The van der Waals surface area contributed by atoms with Gasteiger partial charge < -0.3 is 5.32 Å². The molecular formula is C18H19ClF2N2O3S. The third-order valence-corrected chi connectivity index (χ3v) is 5.57. The van der Waals surface area contributed by atoms with Gasteiger partial charge in [0.15, 0.2) is 11.6 Å². The van der Waals surface area contributed by atoms with Gasteiger partial charge in [-0.2, -0.15) is 0 Å². The number of nitrogens with one attached hydrogen (secondary N) is 2. The standard InChI is InChI=1S/C18H19ClF2N2O3S/c1-2-17(12-3-5-13(19)6-4-12)23-18(24)9-10-22-27(25,26)14-7-8-15(20)16(21)11-14/h3-8,11,17,22H,2,9-10H2,1H3,(H,23,24)/t17-/m1/s1. The van der Waals surface area contributed by atoms with E-state index in [1.54, 1.807) is 12.1 Å². The molecule has 0 aliphatic rings. The number of hydrogen-bond donors (Lipinski definition) is 2. The van der Waals surface area contributed by atoms with Crippen molar-refractivity contribution < 1.29 is 22.0 Å². The van der Waals surface area contributed by atoms with Crippen LogP contribution in [0.4, 0.5) is 8.78 Å². The number of hydrogen-bond acceptors (Lipinski definition) is 3. The van der Waals surface area contributed by atoms with Crippen LogP contribution in [-0.4, -0.2) is 20.9 Å². The van der Waals surface area contributed by atoms with Crippen LogP contribution in [0, 0.1) is 11.6 Å². The summed E-state index contributed by atoms with van der Waals surface area (Å²) in [5.41, 5.74) is 0.887. The number of benzene rings is 2. The second kappa shape index (κ2) is 9.25. The van der Waals surface area contributed by atoms with Crippen molar-refractivity contribution >= 4 is 27.5 Å². The average molecular weight is 417 g/mol. The third kappa shape index (κ3) is 5.98. The molecule has 0 unspecified atom stereocenters. The molecule has 0 spiro atoms. The van der Waals surface area contributed by atoms with Crippen LogP contribution in [0.5, 0.6) is 0 Å². The van der Waals surface area contributed by atoms with Gasteiger partial charge in [-0.05, 0) is 42.3 Å². The lowest BCUT2D eigenvalue weighted by atomic mass is 10.0. The fraction of sp³-hybridized carbons (Fsp3) is 0.278. The third-order valence-electron chi connectivity index (χ3n) is 3.86. The zero-order chi connectivity index (χ0) is 20.0. The summed E-state index contributed by atoms with van der Waals surface area (Å²) in [5.74, 6) is -2.74. The Bertz CT molecular complexity index is 905. The van der Waals surface area contributed by atoms with Gasteiger partial charge in [-0.1, -0.05) is 30.7 Å². The minimum absolute atomic E-state index is 0.104. The molecule has 2 rings (SSSR count). The van der Waals surface area contributed by atoms with Crippen LogP contribution in [-0.2, 0) is 14.8 Å². The number of rotatable bonds is 8. The zero-order valence-electron chi connectivity index (χ0n) is 14.5. The fourth-order valence-corrected chi connectivity index (χ4v) is 3.58. The Hall–Kier alpha value is -2.03. The van der Waals surface area contributed by atoms with E-state index in [-0.39, 0.29) is 24.9 Å². The maximum atomic E-state index is 13.2. The first-order valence-corrected chi connectivity index (χ1v) is 10.1. The summed E-state index contributed by atoms with van der Waals surface area (Å²) in [7, 11) is -4.04. The number of carbonyl (C=O) groups excluding carboxylic acids is 1. The van der Waals surface area contributed by atoms with Crippen LogP contribution in [0.2, 0.25) is 5.02 Å². The van der Waals surface area contributed by atoms with E-state index in [4.69, 9.17) is 11.6 Å². The van der Waals surface area contributed by atoms with Gasteiger partial charge in [0, 0.05) is 18.0 Å². The van der Waals surface area contributed by atoms with Crippen molar-refractivity contribution in [2.75, 3.05) is 6.54 Å². The van der Waals surface area contributed by atoms with E-state index in [0.717, 1.165) is 17.7 Å². The van der Waals surface area contributed by atoms with Crippen LogP contribution < -0.4 is 10.0 Å². The summed E-state index contributed by atoms with van der Waals surface area (Å²) in [6.07, 6.45) is 0.543. The molecule has 1 atom stereocenters. The second-order valence-electron chi connectivity index (χ2n) is 5.80. The Morgan fingerprint density at radius 1 is 1.11 bits per heavy atom. The molecular weight excluding hydrogens is 398 g/mol. The number of halogens is 3. The lowest BCUT2D eigenvalue weighted by Gasteiger charge is -2.17. The van der Waals surface area contributed by atoms with E-state index in [2.05, 4.69) is 10.0 Å². The summed E-state index contributed by atoms with van der Waals surface area (Å²) < 4.78 is 52.4. The van der Waals surface area contributed by atoms with Crippen molar-refractivity contribution in [3.05, 3.63) is 64.7 Å². The van der Waals surface area contributed by atoms with Crippen LogP contribution in [0.25, 0.3) is 0 Å². The Kier molecular flexibility index (Phi) is 7.29. The van der Waals surface area contributed by atoms with Gasteiger partial charge in [0.1, 0.15) is 0 Å². The van der Waals surface area contributed by atoms with E-state index in [1.807, 2.05) is 19.1 Å². The highest BCUT2D eigenvalue weighted by Gasteiger charge is 2.17. The summed E-state index contributed by atoms with van der Waals surface area (Å²) in [6, 6.07) is 9.11. The molecule has 0 aromatic heterocycles.